The molecule has 2 unspecified atom stereocenters. The SMILES string of the molecule is CCCCNC(N)C(Cc1c[nH]c2ccccc12)NC(=O)c1cnc(N2CCN(C)CC2)s1. The molecule has 1 aliphatic rings. The molecule has 1 saturated heterocycles. The lowest BCUT2D eigenvalue weighted by Crippen LogP contribution is -2.56. The summed E-state index contributed by atoms with van der Waals surface area (Å²) in [6, 6.07) is 7.96. The van der Waals surface area contributed by atoms with E-state index in [0.717, 1.165) is 67.2 Å². The summed E-state index contributed by atoms with van der Waals surface area (Å²) in [4.78, 5) is 26.2. The number of aromatic nitrogens is 2. The molecule has 0 radical (unpaired) electrons. The quantitative estimate of drug-likeness (QED) is 0.269. The molecule has 178 valence electrons. The summed E-state index contributed by atoms with van der Waals surface area (Å²) in [7, 11) is 2.13. The lowest BCUT2D eigenvalue weighted by Gasteiger charge is -2.32. The molecule has 4 rings (SSSR count). The highest BCUT2D eigenvalue weighted by atomic mass is 32.1. The van der Waals surface area contributed by atoms with Crippen LogP contribution in [0.3, 0.4) is 0 Å². The maximum Gasteiger partial charge on any atom is 0.263 e. The fourth-order valence-corrected chi connectivity index (χ4v) is 5.02. The van der Waals surface area contributed by atoms with Gasteiger partial charge in [-0.1, -0.05) is 42.9 Å². The Labute approximate surface area is 199 Å². The number of thiazole rings is 1. The van der Waals surface area contributed by atoms with E-state index in [4.69, 9.17) is 5.73 Å². The van der Waals surface area contributed by atoms with E-state index in [1.165, 1.54) is 11.3 Å². The molecule has 2 atom stereocenters. The second-order valence-corrected chi connectivity index (χ2v) is 9.78. The Morgan fingerprint density at radius 3 is 2.85 bits per heavy atom. The summed E-state index contributed by atoms with van der Waals surface area (Å²) in [5.74, 6) is -0.120. The lowest BCUT2D eigenvalue weighted by molar-refractivity contribution is 0.0931. The van der Waals surface area contributed by atoms with Crippen LogP contribution in [0.2, 0.25) is 0 Å². The summed E-state index contributed by atoms with van der Waals surface area (Å²) in [5.41, 5.74) is 8.75. The number of para-hydroxylation sites is 1. The van der Waals surface area contributed by atoms with E-state index in [2.05, 4.69) is 56.5 Å². The Balaban J connectivity index is 1.46. The van der Waals surface area contributed by atoms with Gasteiger partial charge in [0, 0.05) is 43.3 Å². The predicted molar refractivity (Wildman–Crippen MR) is 136 cm³/mol. The van der Waals surface area contributed by atoms with Crippen LogP contribution in [-0.2, 0) is 6.42 Å². The van der Waals surface area contributed by atoms with E-state index in [1.54, 1.807) is 6.20 Å². The number of unbranched alkanes of at least 4 members (excludes halogenated alkanes) is 1. The number of hydrogen-bond acceptors (Lipinski definition) is 7. The number of H-pyrrole nitrogens is 1. The Bertz CT molecular complexity index is 1040. The molecule has 1 aromatic carbocycles. The van der Waals surface area contributed by atoms with Crippen molar-refractivity contribution < 1.29 is 4.79 Å². The van der Waals surface area contributed by atoms with Crippen molar-refractivity contribution in [1.82, 2.24) is 25.5 Å². The molecule has 33 heavy (non-hydrogen) atoms. The number of benzene rings is 1. The molecule has 0 aliphatic carbocycles. The van der Waals surface area contributed by atoms with Gasteiger partial charge in [-0.05, 0) is 38.1 Å². The number of nitrogens with one attached hydrogen (secondary N) is 3. The summed E-state index contributed by atoms with van der Waals surface area (Å²) < 4.78 is 0. The number of anilines is 1. The first-order chi connectivity index (χ1) is 16.0. The van der Waals surface area contributed by atoms with Gasteiger partial charge in [-0.15, -0.1) is 0 Å². The molecule has 1 fully saturated rings. The zero-order valence-electron chi connectivity index (χ0n) is 19.5. The molecule has 5 N–H and O–H groups in total. The van der Waals surface area contributed by atoms with Crippen LogP contribution in [0, 0.1) is 0 Å². The van der Waals surface area contributed by atoms with Crippen LogP contribution in [0.15, 0.2) is 36.7 Å². The van der Waals surface area contributed by atoms with Crippen LogP contribution in [0.5, 0.6) is 0 Å². The van der Waals surface area contributed by atoms with Gasteiger partial charge >= 0.3 is 0 Å². The second kappa shape index (κ2) is 11.1. The van der Waals surface area contributed by atoms with Crippen molar-refractivity contribution in [2.24, 2.45) is 5.73 Å². The zero-order valence-corrected chi connectivity index (χ0v) is 20.3. The molecule has 0 spiro atoms. The van der Waals surface area contributed by atoms with Gasteiger partial charge in [0.1, 0.15) is 4.88 Å². The van der Waals surface area contributed by atoms with Crippen molar-refractivity contribution in [2.45, 2.75) is 38.4 Å². The van der Waals surface area contributed by atoms with E-state index in [9.17, 15) is 4.79 Å². The van der Waals surface area contributed by atoms with Crippen LogP contribution in [-0.4, -0.2) is 72.8 Å². The van der Waals surface area contributed by atoms with E-state index >= 15 is 0 Å². The van der Waals surface area contributed by atoms with Gasteiger partial charge in [0.2, 0.25) is 0 Å². The third-order valence-electron chi connectivity index (χ3n) is 6.27. The molecule has 2 aromatic heterocycles. The Kier molecular flexibility index (Phi) is 7.97. The fraction of sp³-hybridized carbons (Fsp3) is 0.500. The topological polar surface area (TPSA) is 102 Å². The second-order valence-electron chi connectivity index (χ2n) is 8.77. The number of amides is 1. The number of piperazine rings is 1. The summed E-state index contributed by atoms with van der Waals surface area (Å²) in [5, 5.41) is 8.65. The molecular weight excluding hydrogens is 434 g/mol. The summed E-state index contributed by atoms with van der Waals surface area (Å²) in [6.07, 6.45) is 6.13. The average Bonchev–Trinajstić information content (AvgIpc) is 3.47. The molecule has 1 amide bonds. The fourth-order valence-electron chi connectivity index (χ4n) is 4.15. The van der Waals surface area contributed by atoms with Crippen molar-refractivity contribution >= 4 is 33.3 Å². The number of likely N-dealkylation sites (N-methyl/N-ethyl adjacent to an activating group) is 1. The van der Waals surface area contributed by atoms with Gasteiger partial charge < -0.3 is 31.2 Å². The maximum absolute atomic E-state index is 13.2. The van der Waals surface area contributed by atoms with E-state index in [-0.39, 0.29) is 18.1 Å². The number of fused-ring (bicyclic) bond motifs is 1. The first kappa shape index (κ1) is 23.7. The van der Waals surface area contributed by atoms with Crippen molar-refractivity contribution in [3.05, 3.63) is 47.1 Å². The monoisotopic (exact) mass is 469 g/mol. The third-order valence-corrected chi connectivity index (χ3v) is 7.32. The van der Waals surface area contributed by atoms with Crippen molar-refractivity contribution in [3.63, 3.8) is 0 Å². The highest BCUT2D eigenvalue weighted by molar-refractivity contribution is 7.17. The zero-order chi connectivity index (χ0) is 23.2. The molecule has 1 aliphatic heterocycles. The number of nitrogens with zero attached hydrogens (tertiary/aromatic N) is 3. The van der Waals surface area contributed by atoms with E-state index in [0.29, 0.717) is 11.3 Å². The average molecular weight is 470 g/mol. The van der Waals surface area contributed by atoms with E-state index in [1.807, 2.05) is 18.3 Å². The third kappa shape index (κ3) is 5.92. The molecule has 0 bridgehead atoms. The van der Waals surface area contributed by atoms with Gasteiger partial charge in [-0.25, -0.2) is 4.98 Å². The first-order valence-corrected chi connectivity index (χ1v) is 12.6. The molecule has 9 heteroatoms. The number of carbonyl (C=O) groups excluding carboxylic acids is 1. The van der Waals surface area contributed by atoms with Gasteiger partial charge in [0.25, 0.3) is 5.91 Å². The number of nitrogens with two attached hydrogens (primary N) is 1. The van der Waals surface area contributed by atoms with Gasteiger partial charge in [0.15, 0.2) is 5.13 Å². The predicted octanol–water partition coefficient (Wildman–Crippen LogP) is 2.39. The minimum absolute atomic E-state index is 0.120. The van der Waals surface area contributed by atoms with Crippen molar-refractivity contribution in [2.75, 3.05) is 44.7 Å². The number of carbonyl (C=O) groups is 1. The van der Waals surface area contributed by atoms with Crippen LogP contribution >= 0.6 is 11.3 Å². The largest absolute Gasteiger partial charge is 0.361 e. The van der Waals surface area contributed by atoms with Crippen LogP contribution in [0.1, 0.15) is 35.0 Å². The molecular formula is C24H35N7OS. The van der Waals surface area contributed by atoms with Crippen molar-refractivity contribution in [1.29, 1.82) is 0 Å². The number of rotatable bonds is 10. The van der Waals surface area contributed by atoms with Crippen LogP contribution in [0.4, 0.5) is 5.13 Å². The van der Waals surface area contributed by atoms with Gasteiger partial charge in [-0.3, -0.25) is 4.79 Å². The molecule has 0 saturated carbocycles. The Morgan fingerprint density at radius 1 is 1.27 bits per heavy atom. The smallest absolute Gasteiger partial charge is 0.263 e. The van der Waals surface area contributed by atoms with Gasteiger partial charge in [0.05, 0.1) is 18.4 Å². The normalized spacial score (nSPS) is 16.8. The number of aromatic amines is 1. The highest BCUT2D eigenvalue weighted by Crippen LogP contribution is 2.24. The van der Waals surface area contributed by atoms with E-state index < -0.39 is 0 Å². The van der Waals surface area contributed by atoms with Gasteiger partial charge in [-0.2, -0.15) is 0 Å². The standard InChI is InChI=1S/C24H35N7OS/c1-3-4-9-26-22(25)20(14-17-15-27-19-8-6-5-7-18(17)19)29-23(32)21-16-28-24(33-21)31-12-10-30(2)11-13-31/h5-8,15-16,20,22,26-27H,3-4,9-14,25H2,1-2H3,(H,29,32). The summed E-state index contributed by atoms with van der Waals surface area (Å²) >= 11 is 1.45. The van der Waals surface area contributed by atoms with Crippen molar-refractivity contribution in [3.8, 4) is 0 Å². The molecule has 8 nitrogen and oxygen atoms in total. The van der Waals surface area contributed by atoms with Crippen LogP contribution in [0.25, 0.3) is 10.9 Å². The first-order valence-electron chi connectivity index (χ1n) is 11.8. The minimum atomic E-state index is -0.348. The Morgan fingerprint density at radius 2 is 2.06 bits per heavy atom. The maximum atomic E-state index is 13.2. The highest BCUT2D eigenvalue weighted by Gasteiger charge is 2.24. The number of hydrogen-bond donors (Lipinski definition) is 4. The summed E-state index contributed by atoms with van der Waals surface area (Å²) in [6.45, 7) is 6.85. The lowest BCUT2D eigenvalue weighted by atomic mass is 10.0. The Hall–Kier alpha value is -2.46. The minimum Gasteiger partial charge on any atom is -0.361 e. The van der Waals surface area contributed by atoms with Crippen LogP contribution < -0.4 is 21.3 Å². The molecule has 3 aromatic rings. The molecule has 3 heterocycles.